The number of aliphatic hydroxyl groups excluding tert-OH is 1. The van der Waals surface area contributed by atoms with Crippen LogP contribution in [0.1, 0.15) is 61.8 Å². The Kier molecular flexibility index (Phi) is 8.27. The average Bonchev–Trinajstić information content (AvgIpc) is 3.70. The Balaban J connectivity index is 1.12. The Bertz CT molecular complexity index is 1790. The van der Waals surface area contributed by atoms with Crippen LogP contribution in [0.25, 0.3) is 11.1 Å². The summed E-state index contributed by atoms with van der Waals surface area (Å²) in [7, 11) is 0. The van der Waals surface area contributed by atoms with Crippen LogP contribution in [-0.4, -0.2) is 48.9 Å². The Morgan fingerprint density at radius 1 is 0.822 bits per heavy atom. The number of carbonyl (C=O) groups excluding carboxylic acids is 2. The van der Waals surface area contributed by atoms with Crippen molar-refractivity contribution in [3.05, 3.63) is 137 Å². The zero-order chi connectivity index (χ0) is 30.8. The van der Waals surface area contributed by atoms with Crippen molar-refractivity contribution in [3.63, 3.8) is 0 Å². The van der Waals surface area contributed by atoms with Crippen LogP contribution < -0.4 is 0 Å². The van der Waals surface area contributed by atoms with Crippen molar-refractivity contribution >= 4 is 23.6 Å². The van der Waals surface area contributed by atoms with Gasteiger partial charge in [-0.25, -0.2) is 4.98 Å². The highest BCUT2D eigenvalue weighted by atomic mass is 32.2. The summed E-state index contributed by atoms with van der Waals surface area (Å²) >= 11 is 1.55. The molecule has 3 heterocycles. The van der Waals surface area contributed by atoms with Crippen LogP contribution in [0.5, 0.6) is 0 Å². The first-order valence-electron chi connectivity index (χ1n) is 14.7. The van der Waals surface area contributed by atoms with Crippen molar-refractivity contribution in [2.45, 2.75) is 43.2 Å². The summed E-state index contributed by atoms with van der Waals surface area (Å²) in [6.07, 6.45) is 1.22. The number of aromatic nitrogens is 3. The molecule has 2 aliphatic rings. The largest absolute Gasteiger partial charge is 0.392 e. The summed E-state index contributed by atoms with van der Waals surface area (Å²) in [4.78, 5) is 31.4. The molecule has 4 aromatic carbocycles. The minimum atomic E-state index is -0.608. The van der Waals surface area contributed by atoms with Gasteiger partial charge in [-0.05, 0) is 52.1 Å². The van der Waals surface area contributed by atoms with Crippen molar-refractivity contribution in [1.82, 2.24) is 20.1 Å². The molecule has 0 aliphatic carbocycles. The number of nitrogens with zero attached hydrogens (tertiary/aromatic N) is 3. The van der Waals surface area contributed by atoms with E-state index in [2.05, 4.69) is 21.2 Å². The number of aromatic amines is 1. The van der Waals surface area contributed by atoms with E-state index >= 15 is 0 Å². The van der Waals surface area contributed by atoms with Crippen molar-refractivity contribution in [1.29, 1.82) is 0 Å². The van der Waals surface area contributed by atoms with Crippen LogP contribution in [0.4, 0.5) is 0 Å². The number of hydrogen-bond donors (Lipinski definition) is 2. The quantitative estimate of drug-likeness (QED) is 0.150. The van der Waals surface area contributed by atoms with Crippen molar-refractivity contribution < 1.29 is 24.2 Å². The standard InChI is InChI=1S/C35H30N4O5S/c40-19-22-11-13-24(14-12-22)31-17-28(20-45-35-36-21-37-38-35)43-34(44-31)27-8-4-7-26(16-27)25-6-3-5-23(15-25)18-39-32(41)29-9-1-2-10-30(29)33(39)42/h1-16,21,28,31,34,40H,17-20H2,(H,36,37,38). The number of nitrogens with one attached hydrogen (secondary N) is 1. The van der Waals surface area contributed by atoms with Crippen LogP contribution in [0, 0.1) is 0 Å². The molecular formula is C35H30N4O5S. The molecule has 2 amide bonds. The van der Waals surface area contributed by atoms with E-state index in [9.17, 15) is 14.7 Å². The Labute approximate surface area is 264 Å². The van der Waals surface area contributed by atoms with Gasteiger partial charge in [0.15, 0.2) is 11.4 Å². The maximum atomic E-state index is 12.9. The van der Waals surface area contributed by atoms with E-state index < -0.39 is 6.29 Å². The van der Waals surface area contributed by atoms with Crippen LogP contribution >= 0.6 is 11.8 Å². The smallest absolute Gasteiger partial charge is 0.261 e. The zero-order valence-electron chi connectivity index (χ0n) is 24.2. The van der Waals surface area contributed by atoms with E-state index in [4.69, 9.17) is 9.47 Å². The second-order valence-electron chi connectivity index (χ2n) is 11.0. The van der Waals surface area contributed by atoms with E-state index in [0.29, 0.717) is 23.3 Å². The third kappa shape index (κ3) is 6.18. The van der Waals surface area contributed by atoms with E-state index in [0.717, 1.165) is 38.5 Å². The van der Waals surface area contributed by atoms with Gasteiger partial charge in [0.05, 0.1) is 36.5 Å². The highest BCUT2D eigenvalue weighted by Gasteiger charge is 2.35. The van der Waals surface area contributed by atoms with Gasteiger partial charge in [0.2, 0.25) is 0 Å². The van der Waals surface area contributed by atoms with Gasteiger partial charge in [0.1, 0.15) is 6.33 Å². The summed E-state index contributed by atoms with van der Waals surface area (Å²) < 4.78 is 13.0. The molecule has 1 saturated heterocycles. The predicted molar refractivity (Wildman–Crippen MR) is 168 cm³/mol. The number of rotatable bonds is 9. The molecule has 3 atom stereocenters. The minimum Gasteiger partial charge on any atom is -0.392 e. The number of carbonyl (C=O) groups is 2. The Morgan fingerprint density at radius 2 is 1.56 bits per heavy atom. The van der Waals surface area contributed by atoms with Gasteiger partial charge in [-0.15, -0.1) is 0 Å². The molecule has 45 heavy (non-hydrogen) atoms. The van der Waals surface area contributed by atoms with E-state index in [-0.39, 0.29) is 37.2 Å². The lowest BCUT2D eigenvalue weighted by Gasteiger charge is -2.36. The number of fused-ring (bicyclic) bond motifs is 1. The maximum absolute atomic E-state index is 12.9. The monoisotopic (exact) mass is 618 g/mol. The van der Waals surface area contributed by atoms with Gasteiger partial charge < -0.3 is 14.6 Å². The molecule has 226 valence electrons. The predicted octanol–water partition coefficient (Wildman–Crippen LogP) is 6.10. The SMILES string of the molecule is O=C1c2ccccc2C(=O)N1Cc1cccc(-c2cccc(C3OC(CSc4ncn[nH]4)CC(c4ccc(CO)cc4)O3)c2)c1. The fraction of sp³-hybridized carbons (Fsp3) is 0.200. The number of hydrogen-bond acceptors (Lipinski definition) is 8. The molecule has 0 saturated carbocycles. The van der Waals surface area contributed by atoms with Gasteiger partial charge >= 0.3 is 0 Å². The fourth-order valence-electron chi connectivity index (χ4n) is 5.74. The first-order chi connectivity index (χ1) is 22.1. The average molecular weight is 619 g/mol. The molecule has 0 radical (unpaired) electrons. The molecule has 0 bridgehead atoms. The van der Waals surface area contributed by atoms with Gasteiger partial charge in [-0.3, -0.25) is 19.6 Å². The molecule has 2 aliphatic heterocycles. The maximum Gasteiger partial charge on any atom is 0.261 e. The van der Waals surface area contributed by atoms with Gasteiger partial charge in [-0.1, -0.05) is 84.6 Å². The Morgan fingerprint density at radius 3 is 2.27 bits per heavy atom. The summed E-state index contributed by atoms with van der Waals surface area (Å²) in [5.74, 6) is 0.122. The third-order valence-corrected chi connectivity index (χ3v) is 9.06. The number of thioether (sulfide) groups is 1. The molecule has 0 spiro atoms. The highest BCUT2D eigenvalue weighted by Crippen LogP contribution is 2.40. The van der Waals surface area contributed by atoms with E-state index in [1.165, 1.54) is 11.2 Å². The lowest BCUT2D eigenvalue weighted by molar-refractivity contribution is -0.245. The fourth-order valence-corrected chi connectivity index (χ4v) is 6.54. The molecule has 9 nitrogen and oxygen atoms in total. The number of ether oxygens (including phenoxy) is 2. The zero-order valence-corrected chi connectivity index (χ0v) is 25.0. The molecule has 1 fully saturated rings. The second-order valence-corrected chi connectivity index (χ2v) is 12.0. The number of amides is 2. The van der Waals surface area contributed by atoms with Gasteiger partial charge in [0.25, 0.3) is 11.8 Å². The molecule has 1 aromatic heterocycles. The number of benzene rings is 4. The molecule has 10 heteroatoms. The summed E-state index contributed by atoms with van der Waals surface area (Å²) in [6.45, 7) is 0.177. The van der Waals surface area contributed by atoms with Crippen molar-refractivity contribution in [2.75, 3.05) is 5.75 Å². The number of H-pyrrole nitrogens is 1. The Hall–Kier alpha value is -4.61. The lowest BCUT2D eigenvalue weighted by atomic mass is 9.99. The van der Waals surface area contributed by atoms with E-state index in [1.807, 2.05) is 66.7 Å². The summed E-state index contributed by atoms with van der Waals surface area (Å²) in [5, 5.41) is 17.1. The van der Waals surface area contributed by atoms with Crippen molar-refractivity contribution in [2.24, 2.45) is 0 Å². The third-order valence-electron chi connectivity index (χ3n) is 8.05. The lowest BCUT2D eigenvalue weighted by Crippen LogP contribution is -2.31. The highest BCUT2D eigenvalue weighted by molar-refractivity contribution is 7.99. The summed E-state index contributed by atoms with van der Waals surface area (Å²) in [5.41, 5.74) is 6.40. The number of aliphatic hydroxyl groups is 1. The van der Waals surface area contributed by atoms with Gasteiger partial charge in [-0.2, -0.15) is 5.10 Å². The first kappa shape index (κ1) is 29.1. The molecule has 2 N–H and O–H groups in total. The second kappa shape index (κ2) is 12.8. The van der Waals surface area contributed by atoms with Crippen LogP contribution in [-0.2, 0) is 22.6 Å². The molecular weight excluding hydrogens is 588 g/mol. The summed E-state index contributed by atoms with van der Waals surface area (Å²) in [6, 6.07) is 30.7. The van der Waals surface area contributed by atoms with E-state index in [1.54, 1.807) is 36.0 Å². The number of imide groups is 1. The minimum absolute atomic E-state index is 0.0136. The normalized spacial score (nSPS) is 19.6. The molecule has 7 rings (SSSR count). The van der Waals surface area contributed by atoms with Crippen LogP contribution in [0.15, 0.2) is 109 Å². The molecule has 3 unspecified atom stereocenters. The molecule has 5 aromatic rings. The van der Waals surface area contributed by atoms with Crippen LogP contribution in [0.3, 0.4) is 0 Å². The topological polar surface area (TPSA) is 118 Å². The van der Waals surface area contributed by atoms with Crippen molar-refractivity contribution in [3.8, 4) is 11.1 Å². The van der Waals surface area contributed by atoms with Crippen LogP contribution in [0.2, 0.25) is 0 Å². The van der Waals surface area contributed by atoms with Gasteiger partial charge in [0, 0.05) is 17.7 Å². The first-order valence-corrected chi connectivity index (χ1v) is 15.7.